The van der Waals surface area contributed by atoms with E-state index in [2.05, 4.69) is 20.4 Å². The number of nitrogens with zero attached hydrogens (tertiary/aromatic N) is 3. The second-order valence-corrected chi connectivity index (χ2v) is 4.11. The summed E-state index contributed by atoms with van der Waals surface area (Å²) in [5.41, 5.74) is 2.29. The standard InChI is InChI=1S/C10H10FN5OS/c1-17-9-13-8(16-12)14-10(15-9)18-7-5-3-2-4-6(7)11/h2-5H,12H2,1H3,(H,13,14,15,16). The number of hydrogen-bond acceptors (Lipinski definition) is 7. The highest BCUT2D eigenvalue weighted by Gasteiger charge is 2.10. The Morgan fingerprint density at radius 2 is 2.06 bits per heavy atom. The molecule has 6 nitrogen and oxygen atoms in total. The van der Waals surface area contributed by atoms with Crippen molar-refractivity contribution in [3.63, 3.8) is 0 Å². The summed E-state index contributed by atoms with van der Waals surface area (Å²) in [6, 6.07) is 6.44. The van der Waals surface area contributed by atoms with Crippen LogP contribution in [0.3, 0.4) is 0 Å². The molecule has 3 N–H and O–H groups in total. The molecule has 2 rings (SSSR count). The van der Waals surface area contributed by atoms with Gasteiger partial charge in [-0.15, -0.1) is 0 Å². The lowest BCUT2D eigenvalue weighted by Gasteiger charge is -2.05. The largest absolute Gasteiger partial charge is 0.467 e. The van der Waals surface area contributed by atoms with Gasteiger partial charge in [-0.1, -0.05) is 12.1 Å². The zero-order valence-corrected chi connectivity index (χ0v) is 10.2. The van der Waals surface area contributed by atoms with E-state index in [0.717, 1.165) is 11.8 Å². The Morgan fingerprint density at radius 1 is 1.28 bits per heavy atom. The third-order valence-corrected chi connectivity index (χ3v) is 2.86. The molecule has 18 heavy (non-hydrogen) atoms. The molecule has 8 heteroatoms. The number of hydrogen-bond donors (Lipinski definition) is 2. The molecule has 0 aliphatic rings. The highest BCUT2D eigenvalue weighted by Crippen LogP contribution is 2.28. The summed E-state index contributed by atoms with van der Waals surface area (Å²) in [6.07, 6.45) is 0. The summed E-state index contributed by atoms with van der Waals surface area (Å²) in [4.78, 5) is 12.2. The zero-order valence-electron chi connectivity index (χ0n) is 9.42. The van der Waals surface area contributed by atoms with Crippen molar-refractivity contribution in [2.24, 2.45) is 5.84 Å². The SMILES string of the molecule is COc1nc(NN)nc(Sc2ccccc2F)n1. The maximum absolute atomic E-state index is 13.5. The third-order valence-electron chi connectivity index (χ3n) is 1.94. The number of nitrogens with two attached hydrogens (primary N) is 1. The zero-order chi connectivity index (χ0) is 13.0. The average molecular weight is 267 g/mol. The number of benzene rings is 1. The minimum atomic E-state index is -0.343. The summed E-state index contributed by atoms with van der Waals surface area (Å²) in [7, 11) is 1.42. The molecule has 0 spiro atoms. The van der Waals surface area contributed by atoms with Gasteiger partial charge in [0, 0.05) is 0 Å². The molecule has 0 fully saturated rings. The second kappa shape index (κ2) is 5.61. The maximum Gasteiger partial charge on any atom is 0.322 e. The smallest absolute Gasteiger partial charge is 0.322 e. The molecule has 0 bridgehead atoms. The van der Waals surface area contributed by atoms with Crippen molar-refractivity contribution in [1.29, 1.82) is 0 Å². The van der Waals surface area contributed by atoms with Crippen LogP contribution in [0.5, 0.6) is 6.01 Å². The Balaban J connectivity index is 2.31. The van der Waals surface area contributed by atoms with Gasteiger partial charge in [0.2, 0.25) is 11.1 Å². The lowest BCUT2D eigenvalue weighted by atomic mass is 10.4. The van der Waals surface area contributed by atoms with E-state index in [1.165, 1.54) is 13.2 Å². The van der Waals surface area contributed by atoms with Gasteiger partial charge in [0.1, 0.15) is 5.82 Å². The fraction of sp³-hybridized carbons (Fsp3) is 0.100. The van der Waals surface area contributed by atoms with E-state index in [-0.39, 0.29) is 17.8 Å². The van der Waals surface area contributed by atoms with Crippen molar-refractivity contribution in [2.75, 3.05) is 12.5 Å². The third kappa shape index (κ3) is 2.84. The number of aromatic nitrogens is 3. The molecule has 94 valence electrons. The number of hydrazine groups is 1. The van der Waals surface area contributed by atoms with Crippen molar-refractivity contribution in [3.8, 4) is 6.01 Å². The lowest BCUT2D eigenvalue weighted by molar-refractivity contribution is 0.373. The summed E-state index contributed by atoms with van der Waals surface area (Å²) >= 11 is 1.06. The fourth-order valence-electron chi connectivity index (χ4n) is 1.17. The first-order chi connectivity index (χ1) is 8.72. The van der Waals surface area contributed by atoms with E-state index in [1.807, 2.05) is 0 Å². The minimum Gasteiger partial charge on any atom is -0.467 e. The first-order valence-corrected chi connectivity index (χ1v) is 5.73. The number of nitrogens with one attached hydrogen (secondary N) is 1. The summed E-state index contributed by atoms with van der Waals surface area (Å²) in [5.74, 6) is 5.03. The molecule has 0 atom stereocenters. The van der Waals surface area contributed by atoms with Gasteiger partial charge in [0.25, 0.3) is 0 Å². The van der Waals surface area contributed by atoms with Crippen molar-refractivity contribution in [3.05, 3.63) is 30.1 Å². The van der Waals surface area contributed by atoms with Crippen molar-refractivity contribution in [1.82, 2.24) is 15.0 Å². The molecule has 0 aliphatic carbocycles. The molecule has 2 aromatic rings. The van der Waals surface area contributed by atoms with E-state index in [9.17, 15) is 4.39 Å². The number of halogens is 1. The molecule has 1 aromatic heterocycles. The normalized spacial score (nSPS) is 10.2. The number of anilines is 1. The Kier molecular flexibility index (Phi) is 3.90. The first kappa shape index (κ1) is 12.5. The highest BCUT2D eigenvalue weighted by molar-refractivity contribution is 7.99. The van der Waals surface area contributed by atoms with Gasteiger partial charge in [0.05, 0.1) is 12.0 Å². The van der Waals surface area contributed by atoms with Gasteiger partial charge in [-0.05, 0) is 23.9 Å². The molecular weight excluding hydrogens is 257 g/mol. The molecule has 0 radical (unpaired) electrons. The average Bonchev–Trinajstić information content (AvgIpc) is 2.41. The van der Waals surface area contributed by atoms with E-state index in [1.54, 1.807) is 18.2 Å². The van der Waals surface area contributed by atoms with E-state index < -0.39 is 0 Å². The van der Waals surface area contributed by atoms with E-state index >= 15 is 0 Å². The topological polar surface area (TPSA) is 86.0 Å². The molecular formula is C10H10FN5OS. The molecule has 1 aromatic carbocycles. The Labute approximate surface area is 107 Å². The van der Waals surface area contributed by atoms with Crippen molar-refractivity contribution >= 4 is 17.7 Å². The van der Waals surface area contributed by atoms with Crippen LogP contribution in [0.1, 0.15) is 0 Å². The van der Waals surface area contributed by atoms with Crippen LogP contribution >= 0.6 is 11.8 Å². The highest BCUT2D eigenvalue weighted by atomic mass is 32.2. The molecule has 0 aliphatic heterocycles. The molecule has 0 unspecified atom stereocenters. The quantitative estimate of drug-likeness (QED) is 0.640. The van der Waals surface area contributed by atoms with Crippen LogP contribution in [0.2, 0.25) is 0 Å². The minimum absolute atomic E-state index is 0.108. The van der Waals surface area contributed by atoms with Crippen LogP contribution in [0, 0.1) is 5.82 Å². The predicted molar refractivity (Wildman–Crippen MR) is 64.7 cm³/mol. The Morgan fingerprint density at radius 3 is 2.72 bits per heavy atom. The lowest BCUT2D eigenvalue weighted by Crippen LogP contribution is -2.12. The summed E-state index contributed by atoms with van der Waals surface area (Å²) < 4.78 is 18.4. The second-order valence-electron chi connectivity index (χ2n) is 3.11. The maximum atomic E-state index is 13.5. The van der Waals surface area contributed by atoms with Gasteiger partial charge >= 0.3 is 6.01 Å². The van der Waals surface area contributed by atoms with E-state index in [4.69, 9.17) is 10.6 Å². The van der Waals surface area contributed by atoms with Crippen LogP contribution in [0.4, 0.5) is 10.3 Å². The van der Waals surface area contributed by atoms with Crippen LogP contribution in [-0.4, -0.2) is 22.1 Å². The van der Waals surface area contributed by atoms with Gasteiger partial charge in [0.15, 0.2) is 0 Å². The van der Waals surface area contributed by atoms with Gasteiger partial charge in [-0.2, -0.15) is 15.0 Å². The number of nitrogen functional groups attached to an aromatic ring is 1. The monoisotopic (exact) mass is 267 g/mol. The molecule has 0 amide bonds. The molecule has 1 heterocycles. The number of ether oxygens (including phenoxy) is 1. The fourth-order valence-corrected chi connectivity index (χ4v) is 1.93. The van der Waals surface area contributed by atoms with Crippen molar-refractivity contribution < 1.29 is 9.13 Å². The first-order valence-electron chi connectivity index (χ1n) is 4.92. The number of rotatable bonds is 4. The van der Waals surface area contributed by atoms with E-state index in [0.29, 0.717) is 10.1 Å². The molecule has 0 saturated heterocycles. The van der Waals surface area contributed by atoms with Gasteiger partial charge in [-0.3, -0.25) is 5.43 Å². The van der Waals surface area contributed by atoms with Crippen LogP contribution in [0.25, 0.3) is 0 Å². The predicted octanol–water partition coefficient (Wildman–Crippen LogP) is 1.46. The Bertz CT molecular complexity index is 531. The number of methoxy groups -OCH3 is 1. The Hall–Kier alpha value is -1.93. The summed E-state index contributed by atoms with van der Waals surface area (Å²) in [6.45, 7) is 0. The van der Waals surface area contributed by atoms with Crippen LogP contribution in [0.15, 0.2) is 34.3 Å². The van der Waals surface area contributed by atoms with Crippen LogP contribution < -0.4 is 16.0 Å². The van der Waals surface area contributed by atoms with Gasteiger partial charge < -0.3 is 4.74 Å². The van der Waals surface area contributed by atoms with Gasteiger partial charge in [-0.25, -0.2) is 10.2 Å². The molecule has 0 saturated carbocycles. The van der Waals surface area contributed by atoms with Crippen molar-refractivity contribution in [2.45, 2.75) is 10.1 Å². The summed E-state index contributed by atoms with van der Waals surface area (Å²) in [5, 5.41) is 0.292. The van der Waals surface area contributed by atoms with Crippen LogP contribution in [-0.2, 0) is 0 Å².